The third-order valence-corrected chi connectivity index (χ3v) is 6.57. The Labute approximate surface area is 176 Å². The van der Waals surface area contributed by atoms with Crippen LogP contribution in [0.1, 0.15) is 16.7 Å². The Morgan fingerprint density at radius 1 is 1.03 bits per heavy atom. The van der Waals surface area contributed by atoms with E-state index in [4.69, 9.17) is 4.74 Å². The van der Waals surface area contributed by atoms with Gasteiger partial charge in [0.2, 0.25) is 0 Å². The molecule has 7 heteroatoms. The summed E-state index contributed by atoms with van der Waals surface area (Å²) < 4.78 is 36.1. The molecule has 0 aliphatic rings. The van der Waals surface area contributed by atoms with E-state index >= 15 is 0 Å². The highest BCUT2D eigenvalue weighted by Gasteiger charge is 2.20. The predicted molar refractivity (Wildman–Crippen MR) is 119 cm³/mol. The SMILES string of the molecule is COc1cccc(S(=O)(=O)Nc2c(C)c(C)cc3c2ncn3Cc2ccccc2)c1. The number of aryl methyl sites for hydroxylation is 1. The van der Waals surface area contributed by atoms with Crippen LogP contribution in [0.3, 0.4) is 0 Å². The molecule has 30 heavy (non-hydrogen) atoms. The minimum absolute atomic E-state index is 0.139. The Balaban J connectivity index is 1.78. The Morgan fingerprint density at radius 3 is 2.53 bits per heavy atom. The molecule has 4 aromatic rings. The summed E-state index contributed by atoms with van der Waals surface area (Å²) in [5.41, 5.74) is 4.98. The molecule has 0 fully saturated rings. The van der Waals surface area contributed by atoms with Gasteiger partial charge in [-0.1, -0.05) is 36.4 Å². The largest absolute Gasteiger partial charge is 0.497 e. The quantitative estimate of drug-likeness (QED) is 0.497. The number of aromatic nitrogens is 2. The van der Waals surface area contributed by atoms with Crippen LogP contribution in [0.2, 0.25) is 0 Å². The molecule has 0 amide bonds. The molecule has 0 bridgehead atoms. The van der Waals surface area contributed by atoms with Gasteiger partial charge in [-0.15, -0.1) is 0 Å². The summed E-state index contributed by atoms with van der Waals surface area (Å²) in [7, 11) is -2.30. The Morgan fingerprint density at radius 2 is 1.80 bits per heavy atom. The third kappa shape index (κ3) is 3.76. The zero-order valence-corrected chi connectivity index (χ0v) is 17.9. The first kappa shape index (κ1) is 20.0. The number of ether oxygens (including phenoxy) is 1. The Hall–Kier alpha value is -3.32. The van der Waals surface area contributed by atoms with Crippen LogP contribution in [-0.4, -0.2) is 25.1 Å². The predicted octanol–water partition coefficient (Wildman–Crippen LogP) is 4.51. The van der Waals surface area contributed by atoms with Gasteiger partial charge in [-0.3, -0.25) is 4.72 Å². The molecule has 0 spiro atoms. The molecule has 1 aromatic heterocycles. The maximum Gasteiger partial charge on any atom is 0.262 e. The average molecular weight is 422 g/mol. The van der Waals surface area contributed by atoms with E-state index in [1.54, 1.807) is 24.5 Å². The van der Waals surface area contributed by atoms with Crippen LogP contribution in [0.15, 0.2) is 71.9 Å². The molecular weight excluding hydrogens is 398 g/mol. The second-order valence-electron chi connectivity index (χ2n) is 7.20. The molecule has 0 saturated heterocycles. The number of methoxy groups -OCH3 is 1. The van der Waals surface area contributed by atoms with Gasteiger partial charge in [0, 0.05) is 12.6 Å². The van der Waals surface area contributed by atoms with Crippen molar-refractivity contribution in [2.45, 2.75) is 25.3 Å². The van der Waals surface area contributed by atoms with Crippen molar-refractivity contribution in [3.63, 3.8) is 0 Å². The smallest absolute Gasteiger partial charge is 0.262 e. The van der Waals surface area contributed by atoms with E-state index < -0.39 is 10.0 Å². The number of fused-ring (bicyclic) bond motifs is 1. The van der Waals surface area contributed by atoms with Gasteiger partial charge >= 0.3 is 0 Å². The van der Waals surface area contributed by atoms with E-state index in [0.29, 0.717) is 23.5 Å². The van der Waals surface area contributed by atoms with Crippen molar-refractivity contribution in [1.82, 2.24) is 9.55 Å². The van der Waals surface area contributed by atoms with Gasteiger partial charge in [-0.2, -0.15) is 0 Å². The van der Waals surface area contributed by atoms with E-state index in [9.17, 15) is 8.42 Å². The standard InChI is InChI=1S/C23H23N3O3S/c1-16-12-21-23(24-15-26(21)14-18-8-5-4-6-9-18)22(17(16)2)25-30(27,28)20-11-7-10-19(13-20)29-3/h4-13,15,25H,14H2,1-3H3. The van der Waals surface area contributed by atoms with Crippen molar-refractivity contribution < 1.29 is 13.2 Å². The summed E-state index contributed by atoms with van der Waals surface area (Å²) in [5.74, 6) is 0.483. The van der Waals surface area contributed by atoms with Gasteiger partial charge < -0.3 is 9.30 Å². The second kappa shape index (κ2) is 7.84. The third-order valence-electron chi connectivity index (χ3n) is 5.22. The minimum atomic E-state index is -3.81. The zero-order valence-electron chi connectivity index (χ0n) is 17.1. The highest BCUT2D eigenvalue weighted by molar-refractivity contribution is 7.92. The van der Waals surface area contributed by atoms with Gasteiger partial charge in [0.15, 0.2) is 0 Å². The number of nitrogens with zero attached hydrogens (tertiary/aromatic N) is 2. The van der Waals surface area contributed by atoms with Crippen molar-refractivity contribution in [3.05, 3.63) is 83.7 Å². The van der Waals surface area contributed by atoms with Crippen LogP contribution in [-0.2, 0) is 16.6 Å². The Kier molecular flexibility index (Phi) is 5.22. The van der Waals surface area contributed by atoms with E-state index in [1.807, 2.05) is 42.7 Å². The first-order valence-corrected chi connectivity index (χ1v) is 11.0. The summed E-state index contributed by atoms with van der Waals surface area (Å²) in [6, 6.07) is 18.5. The highest BCUT2D eigenvalue weighted by atomic mass is 32.2. The van der Waals surface area contributed by atoms with Crippen molar-refractivity contribution in [3.8, 4) is 5.75 Å². The number of benzene rings is 3. The number of nitrogens with one attached hydrogen (secondary N) is 1. The Bertz CT molecular complexity index is 1310. The fraction of sp³-hybridized carbons (Fsp3) is 0.174. The molecule has 0 saturated carbocycles. The molecular formula is C23H23N3O3S. The lowest BCUT2D eigenvalue weighted by molar-refractivity contribution is 0.413. The molecule has 0 aliphatic carbocycles. The maximum atomic E-state index is 13.1. The van der Waals surface area contributed by atoms with Crippen LogP contribution in [0, 0.1) is 13.8 Å². The van der Waals surface area contributed by atoms with Gasteiger partial charge in [0.1, 0.15) is 11.3 Å². The first-order chi connectivity index (χ1) is 14.4. The fourth-order valence-corrected chi connectivity index (χ4v) is 4.58. The van der Waals surface area contributed by atoms with Gasteiger partial charge in [0.05, 0.1) is 29.5 Å². The van der Waals surface area contributed by atoms with Crippen molar-refractivity contribution in [2.24, 2.45) is 0 Å². The summed E-state index contributed by atoms with van der Waals surface area (Å²) >= 11 is 0. The number of hydrogen-bond donors (Lipinski definition) is 1. The van der Waals surface area contributed by atoms with Gasteiger partial charge in [-0.25, -0.2) is 13.4 Å². The van der Waals surface area contributed by atoms with E-state index in [0.717, 1.165) is 22.2 Å². The highest BCUT2D eigenvalue weighted by Crippen LogP contribution is 2.32. The normalized spacial score (nSPS) is 11.6. The van der Waals surface area contributed by atoms with Crippen molar-refractivity contribution in [1.29, 1.82) is 0 Å². The van der Waals surface area contributed by atoms with E-state index in [2.05, 4.69) is 21.8 Å². The molecule has 0 radical (unpaired) electrons. The van der Waals surface area contributed by atoms with Crippen LogP contribution in [0.5, 0.6) is 5.75 Å². The van der Waals surface area contributed by atoms with Crippen molar-refractivity contribution >= 4 is 26.7 Å². The maximum absolute atomic E-state index is 13.1. The number of hydrogen-bond acceptors (Lipinski definition) is 4. The molecule has 0 atom stereocenters. The zero-order chi connectivity index (χ0) is 21.3. The van der Waals surface area contributed by atoms with Crippen LogP contribution in [0.25, 0.3) is 11.0 Å². The first-order valence-electron chi connectivity index (χ1n) is 9.55. The summed E-state index contributed by atoms with van der Waals surface area (Å²) in [6.07, 6.45) is 1.75. The number of rotatable bonds is 6. The monoisotopic (exact) mass is 421 g/mol. The molecule has 1 N–H and O–H groups in total. The second-order valence-corrected chi connectivity index (χ2v) is 8.89. The molecule has 6 nitrogen and oxygen atoms in total. The average Bonchev–Trinajstić information content (AvgIpc) is 3.14. The fourth-order valence-electron chi connectivity index (χ4n) is 3.42. The molecule has 0 aliphatic heterocycles. The van der Waals surface area contributed by atoms with Crippen LogP contribution < -0.4 is 9.46 Å². The van der Waals surface area contributed by atoms with Crippen LogP contribution >= 0.6 is 0 Å². The lowest BCUT2D eigenvalue weighted by Gasteiger charge is -2.14. The van der Waals surface area contributed by atoms with Crippen LogP contribution in [0.4, 0.5) is 5.69 Å². The van der Waals surface area contributed by atoms with E-state index in [-0.39, 0.29) is 4.90 Å². The number of imidazole rings is 1. The van der Waals surface area contributed by atoms with Gasteiger partial charge in [-0.05, 0) is 48.7 Å². The summed E-state index contributed by atoms with van der Waals surface area (Å²) in [5, 5.41) is 0. The molecule has 3 aromatic carbocycles. The van der Waals surface area contributed by atoms with Crippen molar-refractivity contribution in [2.75, 3.05) is 11.8 Å². The minimum Gasteiger partial charge on any atom is -0.497 e. The summed E-state index contributed by atoms with van der Waals surface area (Å²) in [4.78, 5) is 4.68. The lowest BCUT2D eigenvalue weighted by Crippen LogP contribution is -2.14. The number of anilines is 1. The molecule has 4 rings (SSSR count). The van der Waals surface area contributed by atoms with Gasteiger partial charge in [0.25, 0.3) is 10.0 Å². The topological polar surface area (TPSA) is 73.2 Å². The summed E-state index contributed by atoms with van der Waals surface area (Å²) in [6.45, 7) is 4.52. The van der Waals surface area contributed by atoms with E-state index in [1.165, 1.54) is 13.2 Å². The lowest BCUT2D eigenvalue weighted by atomic mass is 10.1. The molecule has 0 unspecified atom stereocenters. The molecule has 1 heterocycles. The number of sulfonamides is 1. The molecule has 154 valence electrons.